The molecule has 0 radical (unpaired) electrons. The number of ether oxygens (including phenoxy) is 2. The van der Waals surface area contributed by atoms with Crippen molar-refractivity contribution in [1.82, 2.24) is 5.43 Å². The van der Waals surface area contributed by atoms with Crippen molar-refractivity contribution in [3.8, 4) is 0 Å². The van der Waals surface area contributed by atoms with Crippen molar-refractivity contribution in [1.29, 1.82) is 0 Å². The van der Waals surface area contributed by atoms with Gasteiger partial charge in [0.25, 0.3) is 0 Å². The summed E-state index contributed by atoms with van der Waals surface area (Å²) in [4.78, 5) is 13.1. The fourth-order valence-electron chi connectivity index (χ4n) is 1.80. The van der Waals surface area contributed by atoms with E-state index in [1.807, 2.05) is 24.3 Å². The summed E-state index contributed by atoms with van der Waals surface area (Å²) in [5.41, 5.74) is 4.32. The van der Waals surface area contributed by atoms with E-state index in [0.717, 1.165) is 31.9 Å². The number of hydrogen-bond donors (Lipinski definition) is 1. The van der Waals surface area contributed by atoms with Gasteiger partial charge in [-0.05, 0) is 17.7 Å². The Morgan fingerprint density at radius 3 is 2.68 bits per heavy atom. The predicted molar refractivity (Wildman–Crippen MR) is 72.6 cm³/mol. The Hall–Kier alpha value is -2.08. The highest BCUT2D eigenvalue weighted by atomic mass is 16.5. The number of nitrogens with zero attached hydrogens (tertiary/aromatic N) is 2. The molecule has 0 aliphatic carbocycles. The molecule has 1 fully saturated rings. The molecule has 102 valence electrons. The third-order valence-corrected chi connectivity index (χ3v) is 2.82. The summed E-state index contributed by atoms with van der Waals surface area (Å²) < 4.78 is 9.72. The van der Waals surface area contributed by atoms with Gasteiger partial charge in [-0.25, -0.2) is 10.2 Å². The van der Waals surface area contributed by atoms with Crippen LogP contribution in [0.3, 0.4) is 0 Å². The van der Waals surface area contributed by atoms with E-state index in [2.05, 4.69) is 20.2 Å². The standard InChI is InChI=1S/C13H17N3O3/c1-18-13(17)15-14-10-11-2-4-12(5-3-11)16-6-8-19-9-7-16/h2-5,10H,6-9H2,1H3,(H,15,17). The lowest BCUT2D eigenvalue weighted by atomic mass is 10.2. The third kappa shape index (κ3) is 3.96. The van der Waals surface area contributed by atoms with Gasteiger partial charge in [0.15, 0.2) is 0 Å². The lowest BCUT2D eigenvalue weighted by Gasteiger charge is -2.28. The summed E-state index contributed by atoms with van der Waals surface area (Å²) in [5.74, 6) is 0. The van der Waals surface area contributed by atoms with E-state index < -0.39 is 6.09 Å². The molecule has 0 saturated carbocycles. The van der Waals surface area contributed by atoms with Crippen molar-refractivity contribution >= 4 is 18.0 Å². The summed E-state index contributed by atoms with van der Waals surface area (Å²) in [6.07, 6.45) is 0.987. The van der Waals surface area contributed by atoms with Crippen LogP contribution in [0.5, 0.6) is 0 Å². The number of amides is 1. The van der Waals surface area contributed by atoms with Crippen LogP contribution in [0.15, 0.2) is 29.4 Å². The number of carbonyl (C=O) groups excluding carboxylic acids is 1. The maximum absolute atomic E-state index is 10.8. The van der Waals surface area contributed by atoms with Crippen LogP contribution < -0.4 is 10.3 Å². The Labute approximate surface area is 112 Å². The molecule has 19 heavy (non-hydrogen) atoms. The van der Waals surface area contributed by atoms with Crippen LogP contribution in [0.4, 0.5) is 10.5 Å². The monoisotopic (exact) mass is 263 g/mol. The third-order valence-electron chi connectivity index (χ3n) is 2.82. The molecule has 1 heterocycles. The summed E-state index contributed by atoms with van der Waals surface area (Å²) in [6, 6.07) is 7.97. The van der Waals surface area contributed by atoms with Crippen molar-refractivity contribution in [2.24, 2.45) is 5.10 Å². The van der Waals surface area contributed by atoms with Crippen molar-refractivity contribution < 1.29 is 14.3 Å². The lowest BCUT2D eigenvalue weighted by Crippen LogP contribution is -2.36. The molecule has 1 N–H and O–H groups in total. The van der Waals surface area contributed by atoms with Gasteiger partial charge in [-0.1, -0.05) is 12.1 Å². The number of carbonyl (C=O) groups is 1. The molecule has 6 heteroatoms. The van der Waals surface area contributed by atoms with Crippen LogP contribution in [0, 0.1) is 0 Å². The zero-order valence-corrected chi connectivity index (χ0v) is 10.8. The van der Waals surface area contributed by atoms with Crippen LogP contribution in [-0.4, -0.2) is 45.7 Å². The minimum atomic E-state index is -0.582. The van der Waals surface area contributed by atoms with Gasteiger partial charge in [0.1, 0.15) is 0 Å². The lowest BCUT2D eigenvalue weighted by molar-refractivity contribution is 0.122. The first-order valence-electron chi connectivity index (χ1n) is 6.09. The molecular formula is C13H17N3O3. The molecule has 1 aromatic carbocycles. The van der Waals surface area contributed by atoms with Gasteiger partial charge >= 0.3 is 6.09 Å². The van der Waals surface area contributed by atoms with Crippen molar-refractivity contribution in [3.63, 3.8) is 0 Å². The molecule has 1 aromatic rings. The summed E-state index contributed by atoms with van der Waals surface area (Å²) in [5, 5.41) is 3.77. The summed E-state index contributed by atoms with van der Waals surface area (Å²) in [7, 11) is 1.29. The van der Waals surface area contributed by atoms with E-state index in [-0.39, 0.29) is 0 Å². The minimum Gasteiger partial charge on any atom is -0.452 e. The number of morpholine rings is 1. The van der Waals surface area contributed by atoms with Crippen molar-refractivity contribution in [2.45, 2.75) is 0 Å². The molecule has 0 spiro atoms. The second kappa shape index (κ2) is 6.75. The Morgan fingerprint density at radius 2 is 2.05 bits per heavy atom. The largest absolute Gasteiger partial charge is 0.452 e. The number of hydrazone groups is 1. The van der Waals surface area contributed by atoms with Gasteiger partial charge in [0.05, 0.1) is 26.5 Å². The molecule has 2 rings (SSSR count). The highest BCUT2D eigenvalue weighted by Crippen LogP contribution is 2.15. The topological polar surface area (TPSA) is 63.2 Å². The first-order valence-corrected chi connectivity index (χ1v) is 6.09. The number of rotatable bonds is 3. The van der Waals surface area contributed by atoms with E-state index in [9.17, 15) is 4.79 Å². The van der Waals surface area contributed by atoms with E-state index in [1.165, 1.54) is 12.8 Å². The molecule has 0 atom stereocenters. The molecular weight excluding hydrogens is 246 g/mol. The van der Waals surface area contributed by atoms with Gasteiger partial charge in [0, 0.05) is 18.8 Å². The normalized spacial score (nSPS) is 15.5. The smallest absolute Gasteiger partial charge is 0.427 e. The Bertz CT molecular complexity index is 439. The number of hydrogen-bond acceptors (Lipinski definition) is 5. The minimum absolute atomic E-state index is 0.582. The predicted octanol–water partition coefficient (Wildman–Crippen LogP) is 1.21. The first kappa shape index (κ1) is 13.4. The SMILES string of the molecule is COC(=O)NN=Cc1ccc(N2CCOCC2)cc1. The van der Waals surface area contributed by atoms with Gasteiger partial charge in [-0.2, -0.15) is 5.10 Å². The first-order chi connectivity index (χ1) is 9.29. The molecule has 0 bridgehead atoms. The zero-order valence-electron chi connectivity index (χ0n) is 10.8. The van der Waals surface area contributed by atoms with Crippen molar-refractivity contribution in [3.05, 3.63) is 29.8 Å². The Balaban J connectivity index is 1.92. The molecule has 1 aliphatic heterocycles. The number of nitrogens with one attached hydrogen (secondary N) is 1. The second-order valence-corrected chi connectivity index (χ2v) is 4.05. The molecule has 1 aliphatic rings. The van der Waals surface area contributed by atoms with Crippen molar-refractivity contribution in [2.75, 3.05) is 38.3 Å². The summed E-state index contributed by atoms with van der Waals surface area (Å²) >= 11 is 0. The molecule has 0 aromatic heterocycles. The van der Waals surface area contributed by atoms with E-state index in [1.54, 1.807) is 6.21 Å². The average Bonchev–Trinajstić information content (AvgIpc) is 2.48. The van der Waals surface area contributed by atoms with Crippen LogP contribution in [0.25, 0.3) is 0 Å². The highest BCUT2D eigenvalue weighted by molar-refractivity contribution is 5.81. The summed E-state index contributed by atoms with van der Waals surface area (Å²) in [6.45, 7) is 3.37. The van der Waals surface area contributed by atoms with Crippen LogP contribution >= 0.6 is 0 Å². The van der Waals surface area contributed by atoms with E-state index >= 15 is 0 Å². The maximum atomic E-state index is 10.8. The fraction of sp³-hybridized carbons (Fsp3) is 0.385. The highest BCUT2D eigenvalue weighted by Gasteiger charge is 2.10. The molecule has 0 unspecified atom stereocenters. The van der Waals surface area contributed by atoms with E-state index in [0.29, 0.717) is 0 Å². The van der Waals surface area contributed by atoms with E-state index in [4.69, 9.17) is 4.74 Å². The Kier molecular flexibility index (Phi) is 4.74. The number of anilines is 1. The van der Waals surface area contributed by atoms with Crippen LogP contribution in [0.1, 0.15) is 5.56 Å². The second-order valence-electron chi connectivity index (χ2n) is 4.05. The molecule has 1 amide bonds. The van der Waals surface area contributed by atoms with Gasteiger partial charge in [-0.15, -0.1) is 0 Å². The van der Waals surface area contributed by atoms with Gasteiger partial charge < -0.3 is 14.4 Å². The zero-order chi connectivity index (χ0) is 13.5. The average molecular weight is 263 g/mol. The molecule has 1 saturated heterocycles. The fourth-order valence-corrected chi connectivity index (χ4v) is 1.80. The van der Waals surface area contributed by atoms with Crippen LogP contribution in [-0.2, 0) is 9.47 Å². The number of methoxy groups -OCH3 is 1. The number of benzene rings is 1. The quantitative estimate of drug-likeness (QED) is 0.657. The van der Waals surface area contributed by atoms with Gasteiger partial charge in [0.2, 0.25) is 0 Å². The van der Waals surface area contributed by atoms with Gasteiger partial charge in [-0.3, -0.25) is 0 Å². The van der Waals surface area contributed by atoms with Crippen LogP contribution in [0.2, 0.25) is 0 Å². The molecule has 6 nitrogen and oxygen atoms in total. The Morgan fingerprint density at radius 1 is 1.37 bits per heavy atom. The maximum Gasteiger partial charge on any atom is 0.427 e.